The van der Waals surface area contributed by atoms with Gasteiger partial charge >= 0.3 is 0 Å². The highest BCUT2D eigenvalue weighted by atomic mass is 15.1. The van der Waals surface area contributed by atoms with Crippen molar-refractivity contribution < 1.29 is 0 Å². The fourth-order valence-corrected chi connectivity index (χ4v) is 2.91. The van der Waals surface area contributed by atoms with Crippen LogP contribution in [-0.4, -0.2) is 13.1 Å². The van der Waals surface area contributed by atoms with Crippen LogP contribution in [0.25, 0.3) is 0 Å². The van der Waals surface area contributed by atoms with E-state index in [2.05, 4.69) is 31.0 Å². The van der Waals surface area contributed by atoms with Crippen molar-refractivity contribution in [3.05, 3.63) is 24.3 Å². The van der Waals surface area contributed by atoms with Crippen LogP contribution in [0.3, 0.4) is 0 Å². The number of benzene rings is 1. The van der Waals surface area contributed by atoms with Crippen LogP contribution in [0, 0.1) is 5.92 Å². The Hall–Kier alpha value is -1.18. The van der Waals surface area contributed by atoms with Gasteiger partial charge in [-0.25, -0.2) is 0 Å². The molecule has 0 amide bonds. The molecule has 17 heavy (non-hydrogen) atoms. The van der Waals surface area contributed by atoms with Gasteiger partial charge in [-0.15, -0.1) is 0 Å². The Morgan fingerprint density at radius 3 is 2.59 bits per heavy atom. The first-order valence-corrected chi connectivity index (χ1v) is 6.79. The standard InChI is InChI=1S/C15H24N2/c1-3-12-5-4-6-15(11-12)17(2)14-9-7-13(16)8-10-14/h7-10,12,15H,3-6,11,16H2,1-2H3. The smallest absolute Gasteiger partial charge is 0.0367 e. The Labute approximate surface area is 105 Å². The third kappa shape index (κ3) is 2.93. The van der Waals surface area contributed by atoms with Crippen molar-refractivity contribution in [2.75, 3.05) is 17.7 Å². The first-order chi connectivity index (χ1) is 8.20. The number of nitrogens with zero attached hydrogens (tertiary/aromatic N) is 1. The van der Waals surface area contributed by atoms with Crippen molar-refractivity contribution in [2.24, 2.45) is 5.92 Å². The highest BCUT2D eigenvalue weighted by Gasteiger charge is 2.23. The van der Waals surface area contributed by atoms with Gasteiger partial charge in [0.1, 0.15) is 0 Å². The van der Waals surface area contributed by atoms with Gasteiger partial charge < -0.3 is 10.6 Å². The fourth-order valence-electron chi connectivity index (χ4n) is 2.91. The Morgan fingerprint density at radius 1 is 1.24 bits per heavy atom. The largest absolute Gasteiger partial charge is 0.399 e. The van der Waals surface area contributed by atoms with Gasteiger partial charge in [-0.1, -0.05) is 26.2 Å². The van der Waals surface area contributed by atoms with Gasteiger partial charge in [0.2, 0.25) is 0 Å². The molecule has 1 aliphatic carbocycles. The van der Waals surface area contributed by atoms with Gasteiger partial charge in [-0.05, 0) is 43.0 Å². The number of hydrogen-bond acceptors (Lipinski definition) is 2. The Morgan fingerprint density at radius 2 is 1.94 bits per heavy atom. The molecule has 94 valence electrons. The van der Waals surface area contributed by atoms with Crippen molar-refractivity contribution in [1.29, 1.82) is 0 Å². The van der Waals surface area contributed by atoms with Gasteiger partial charge in [-0.3, -0.25) is 0 Å². The fraction of sp³-hybridized carbons (Fsp3) is 0.600. The van der Waals surface area contributed by atoms with E-state index in [1.165, 1.54) is 37.8 Å². The van der Waals surface area contributed by atoms with Crippen molar-refractivity contribution in [3.63, 3.8) is 0 Å². The maximum atomic E-state index is 5.73. The monoisotopic (exact) mass is 232 g/mol. The minimum atomic E-state index is 0.706. The lowest BCUT2D eigenvalue weighted by atomic mass is 9.83. The maximum Gasteiger partial charge on any atom is 0.0367 e. The van der Waals surface area contributed by atoms with E-state index in [4.69, 9.17) is 5.73 Å². The molecule has 0 radical (unpaired) electrons. The van der Waals surface area contributed by atoms with E-state index in [9.17, 15) is 0 Å². The lowest BCUT2D eigenvalue weighted by molar-refractivity contribution is 0.309. The molecule has 2 unspecified atom stereocenters. The lowest BCUT2D eigenvalue weighted by Gasteiger charge is -2.36. The average Bonchev–Trinajstić information content (AvgIpc) is 2.39. The normalized spacial score (nSPS) is 24.6. The van der Waals surface area contributed by atoms with E-state index in [1.807, 2.05) is 12.1 Å². The SMILES string of the molecule is CCC1CCCC(N(C)c2ccc(N)cc2)C1. The third-order valence-electron chi connectivity index (χ3n) is 4.18. The summed E-state index contributed by atoms with van der Waals surface area (Å²) < 4.78 is 0. The molecule has 1 saturated carbocycles. The molecule has 0 saturated heterocycles. The van der Waals surface area contributed by atoms with Gasteiger partial charge in [0, 0.05) is 24.5 Å². The zero-order chi connectivity index (χ0) is 12.3. The minimum absolute atomic E-state index is 0.706. The molecule has 1 aliphatic rings. The number of anilines is 2. The van der Waals surface area contributed by atoms with Crippen LogP contribution in [0.1, 0.15) is 39.0 Å². The third-order valence-corrected chi connectivity index (χ3v) is 4.18. The van der Waals surface area contributed by atoms with Crippen LogP contribution in [0.4, 0.5) is 11.4 Å². The number of nitrogens with two attached hydrogens (primary N) is 1. The van der Waals surface area contributed by atoms with Crippen LogP contribution >= 0.6 is 0 Å². The van der Waals surface area contributed by atoms with Crippen molar-refractivity contribution in [2.45, 2.75) is 45.1 Å². The van der Waals surface area contributed by atoms with E-state index in [1.54, 1.807) is 0 Å². The maximum absolute atomic E-state index is 5.73. The van der Waals surface area contributed by atoms with Crippen molar-refractivity contribution >= 4 is 11.4 Å². The molecule has 0 bridgehead atoms. The molecule has 1 fully saturated rings. The second-order valence-electron chi connectivity index (χ2n) is 5.30. The molecule has 0 aromatic heterocycles. The molecular weight excluding hydrogens is 208 g/mol. The highest BCUT2D eigenvalue weighted by molar-refractivity contribution is 5.53. The quantitative estimate of drug-likeness (QED) is 0.806. The summed E-state index contributed by atoms with van der Waals surface area (Å²) in [7, 11) is 2.22. The summed E-state index contributed by atoms with van der Waals surface area (Å²) in [5.41, 5.74) is 7.87. The zero-order valence-corrected chi connectivity index (χ0v) is 11.0. The molecule has 1 aromatic carbocycles. The summed E-state index contributed by atoms with van der Waals surface area (Å²) >= 11 is 0. The van der Waals surface area contributed by atoms with Gasteiger partial charge in [0.05, 0.1) is 0 Å². The van der Waals surface area contributed by atoms with Crippen molar-refractivity contribution in [3.8, 4) is 0 Å². The van der Waals surface area contributed by atoms with Crippen LogP contribution in [0.15, 0.2) is 24.3 Å². The Bertz CT molecular complexity index is 344. The predicted molar refractivity (Wildman–Crippen MR) is 75.3 cm³/mol. The summed E-state index contributed by atoms with van der Waals surface area (Å²) in [5, 5.41) is 0. The number of rotatable bonds is 3. The zero-order valence-electron chi connectivity index (χ0n) is 11.0. The molecule has 0 heterocycles. The number of hydrogen-bond donors (Lipinski definition) is 1. The summed E-state index contributed by atoms with van der Waals surface area (Å²) in [6.45, 7) is 2.32. The molecule has 0 aliphatic heterocycles. The van der Waals surface area contributed by atoms with Gasteiger partial charge in [0.15, 0.2) is 0 Å². The molecule has 2 rings (SSSR count). The summed E-state index contributed by atoms with van der Waals surface area (Å²) in [4.78, 5) is 2.43. The molecule has 2 heteroatoms. The van der Waals surface area contributed by atoms with E-state index < -0.39 is 0 Å². The summed E-state index contributed by atoms with van der Waals surface area (Å²) in [6, 6.07) is 8.95. The second kappa shape index (κ2) is 5.44. The lowest BCUT2D eigenvalue weighted by Crippen LogP contribution is -2.35. The highest BCUT2D eigenvalue weighted by Crippen LogP contribution is 2.31. The first kappa shape index (κ1) is 12.3. The van der Waals surface area contributed by atoms with E-state index in [0.717, 1.165) is 11.6 Å². The molecule has 2 nitrogen and oxygen atoms in total. The van der Waals surface area contributed by atoms with Crippen LogP contribution in [-0.2, 0) is 0 Å². The van der Waals surface area contributed by atoms with Gasteiger partial charge in [0.25, 0.3) is 0 Å². The van der Waals surface area contributed by atoms with Crippen molar-refractivity contribution in [1.82, 2.24) is 0 Å². The topological polar surface area (TPSA) is 29.3 Å². The summed E-state index contributed by atoms with van der Waals surface area (Å²) in [5.74, 6) is 0.921. The van der Waals surface area contributed by atoms with Crippen LogP contribution < -0.4 is 10.6 Å². The van der Waals surface area contributed by atoms with Crippen LogP contribution in [0.2, 0.25) is 0 Å². The molecule has 1 aromatic rings. The van der Waals surface area contributed by atoms with E-state index >= 15 is 0 Å². The number of nitrogen functional groups attached to an aromatic ring is 1. The predicted octanol–water partition coefficient (Wildman–Crippen LogP) is 3.67. The molecule has 0 spiro atoms. The summed E-state index contributed by atoms with van der Waals surface area (Å²) in [6.07, 6.45) is 6.80. The molecule has 2 atom stereocenters. The Kier molecular flexibility index (Phi) is 3.93. The Balaban J connectivity index is 2.03. The average molecular weight is 232 g/mol. The van der Waals surface area contributed by atoms with E-state index in [0.29, 0.717) is 6.04 Å². The minimum Gasteiger partial charge on any atom is -0.399 e. The second-order valence-corrected chi connectivity index (χ2v) is 5.30. The van der Waals surface area contributed by atoms with Crippen LogP contribution in [0.5, 0.6) is 0 Å². The van der Waals surface area contributed by atoms with E-state index in [-0.39, 0.29) is 0 Å². The molecular formula is C15H24N2. The first-order valence-electron chi connectivity index (χ1n) is 6.79. The van der Waals surface area contributed by atoms with Gasteiger partial charge in [-0.2, -0.15) is 0 Å². The molecule has 2 N–H and O–H groups in total.